The molecule has 0 fully saturated rings. The van der Waals surface area contributed by atoms with Crippen LogP contribution in [0.25, 0.3) is 0 Å². The van der Waals surface area contributed by atoms with E-state index < -0.39 is 5.91 Å². The summed E-state index contributed by atoms with van der Waals surface area (Å²) >= 11 is 0. The molecule has 0 aliphatic heterocycles. The molecule has 0 unspecified atom stereocenters. The van der Waals surface area contributed by atoms with Gasteiger partial charge in [-0.3, -0.25) is 4.79 Å². The van der Waals surface area contributed by atoms with E-state index in [4.69, 9.17) is 15.2 Å². The molecule has 0 saturated heterocycles. The summed E-state index contributed by atoms with van der Waals surface area (Å²) in [5.41, 5.74) is 6.11. The van der Waals surface area contributed by atoms with Crippen LogP contribution < -0.4 is 5.73 Å². The number of carbonyl (C=O) groups is 1. The number of hydrogen-bond donors (Lipinski definition) is 1. The van der Waals surface area contributed by atoms with Gasteiger partial charge < -0.3 is 15.2 Å². The molecule has 1 rings (SSSR count). The molecule has 0 radical (unpaired) electrons. The minimum absolute atomic E-state index is 0.00483. The predicted molar refractivity (Wildman–Crippen MR) is 65.3 cm³/mol. The maximum atomic E-state index is 10.4. The lowest BCUT2D eigenvalue weighted by molar-refractivity contribution is -0.122. The van der Waals surface area contributed by atoms with Gasteiger partial charge in [0.05, 0.1) is 6.61 Å². The van der Waals surface area contributed by atoms with E-state index in [0.717, 1.165) is 12.8 Å². The number of rotatable bonds is 9. The SMILES string of the molecule is NC(=O)COCCCCOCc1ccccc1. The van der Waals surface area contributed by atoms with Crippen LogP contribution in [-0.4, -0.2) is 25.7 Å². The Morgan fingerprint density at radius 2 is 1.71 bits per heavy atom. The molecule has 0 aromatic heterocycles. The fourth-order valence-electron chi connectivity index (χ4n) is 1.35. The van der Waals surface area contributed by atoms with Crippen molar-refractivity contribution >= 4 is 5.91 Å². The summed E-state index contributed by atoms with van der Waals surface area (Å²) in [5, 5.41) is 0. The molecule has 4 nitrogen and oxygen atoms in total. The summed E-state index contributed by atoms with van der Waals surface area (Å²) in [7, 11) is 0. The molecule has 17 heavy (non-hydrogen) atoms. The summed E-state index contributed by atoms with van der Waals surface area (Å²) in [4.78, 5) is 10.4. The highest BCUT2D eigenvalue weighted by Gasteiger charge is 1.95. The monoisotopic (exact) mass is 237 g/mol. The van der Waals surface area contributed by atoms with Gasteiger partial charge in [0.15, 0.2) is 0 Å². The van der Waals surface area contributed by atoms with Gasteiger partial charge in [-0.25, -0.2) is 0 Å². The number of nitrogens with two attached hydrogens (primary N) is 1. The lowest BCUT2D eigenvalue weighted by atomic mass is 10.2. The van der Waals surface area contributed by atoms with Crippen LogP contribution in [-0.2, 0) is 20.9 Å². The maximum absolute atomic E-state index is 10.4. The van der Waals surface area contributed by atoms with Crippen molar-refractivity contribution in [2.75, 3.05) is 19.8 Å². The third kappa shape index (κ3) is 7.49. The Labute approximate surface area is 102 Å². The molecule has 0 aliphatic rings. The number of hydrogen-bond acceptors (Lipinski definition) is 3. The summed E-state index contributed by atoms with van der Waals surface area (Å²) in [5.74, 6) is -0.426. The summed E-state index contributed by atoms with van der Waals surface area (Å²) < 4.78 is 10.5. The zero-order valence-corrected chi connectivity index (χ0v) is 9.93. The van der Waals surface area contributed by atoms with Crippen molar-refractivity contribution in [3.05, 3.63) is 35.9 Å². The molecule has 1 aromatic rings. The molecule has 0 saturated carbocycles. The Hall–Kier alpha value is -1.39. The maximum Gasteiger partial charge on any atom is 0.243 e. The fourth-order valence-corrected chi connectivity index (χ4v) is 1.35. The van der Waals surface area contributed by atoms with E-state index in [-0.39, 0.29) is 6.61 Å². The highest BCUT2D eigenvalue weighted by Crippen LogP contribution is 2.01. The van der Waals surface area contributed by atoms with Crippen LogP contribution in [0.5, 0.6) is 0 Å². The first kappa shape index (κ1) is 13.7. The van der Waals surface area contributed by atoms with Crippen LogP contribution in [0, 0.1) is 0 Å². The Kier molecular flexibility index (Phi) is 7.02. The number of amides is 1. The molecule has 0 atom stereocenters. The highest BCUT2D eigenvalue weighted by atomic mass is 16.5. The van der Waals surface area contributed by atoms with E-state index >= 15 is 0 Å². The van der Waals surface area contributed by atoms with Gasteiger partial charge in [0.1, 0.15) is 6.61 Å². The predicted octanol–water partition coefficient (Wildman–Crippen LogP) is 1.49. The van der Waals surface area contributed by atoms with E-state index in [9.17, 15) is 4.79 Å². The average Bonchev–Trinajstić information content (AvgIpc) is 2.33. The molecule has 2 N–H and O–H groups in total. The quantitative estimate of drug-likeness (QED) is 0.662. The number of ether oxygens (including phenoxy) is 2. The van der Waals surface area contributed by atoms with E-state index in [1.165, 1.54) is 5.56 Å². The molecule has 94 valence electrons. The number of carbonyl (C=O) groups excluding carboxylic acids is 1. The van der Waals surface area contributed by atoms with Gasteiger partial charge in [-0.1, -0.05) is 30.3 Å². The minimum atomic E-state index is -0.426. The third-order valence-electron chi connectivity index (χ3n) is 2.18. The molecule has 4 heteroatoms. The molecule has 1 aromatic carbocycles. The van der Waals surface area contributed by atoms with Gasteiger partial charge in [-0.2, -0.15) is 0 Å². The van der Waals surface area contributed by atoms with Crippen LogP contribution >= 0.6 is 0 Å². The molecular weight excluding hydrogens is 218 g/mol. The van der Waals surface area contributed by atoms with E-state index in [1.54, 1.807) is 0 Å². The van der Waals surface area contributed by atoms with Gasteiger partial charge in [0.25, 0.3) is 0 Å². The van der Waals surface area contributed by atoms with Gasteiger partial charge >= 0.3 is 0 Å². The standard InChI is InChI=1S/C13H19NO3/c14-13(15)11-17-9-5-4-8-16-10-12-6-2-1-3-7-12/h1-3,6-7H,4-5,8-11H2,(H2,14,15). The van der Waals surface area contributed by atoms with E-state index in [1.807, 2.05) is 30.3 Å². The first-order chi connectivity index (χ1) is 8.29. The fraction of sp³-hybridized carbons (Fsp3) is 0.462. The molecule has 0 bridgehead atoms. The van der Waals surface area contributed by atoms with Crippen molar-refractivity contribution in [1.82, 2.24) is 0 Å². The Morgan fingerprint density at radius 3 is 2.35 bits per heavy atom. The molecule has 0 aliphatic carbocycles. The summed E-state index contributed by atoms with van der Waals surface area (Å²) in [6, 6.07) is 10.1. The van der Waals surface area contributed by atoms with Crippen molar-refractivity contribution < 1.29 is 14.3 Å². The Bertz CT molecular complexity index is 314. The first-order valence-corrected chi connectivity index (χ1v) is 5.77. The van der Waals surface area contributed by atoms with Crippen molar-refractivity contribution in [2.45, 2.75) is 19.4 Å². The lowest BCUT2D eigenvalue weighted by Crippen LogP contribution is -2.18. The molecule has 0 spiro atoms. The first-order valence-electron chi connectivity index (χ1n) is 5.77. The second-order valence-electron chi connectivity index (χ2n) is 3.76. The number of primary amides is 1. The third-order valence-corrected chi connectivity index (χ3v) is 2.18. The zero-order chi connectivity index (χ0) is 12.3. The van der Waals surface area contributed by atoms with Crippen LogP contribution in [0.15, 0.2) is 30.3 Å². The normalized spacial score (nSPS) is 10.4. The van der Waals surface area contributed by atoms with Gasteiger partial charge in [-0.05, 0) is 18.4 Å². The van der Waals surface area contributed by atoms with Crippen LogP contribution in [0.3, 0.4) is 0 Å². The van der Waals surface area contributed by atoms with Crippen molar-refractivity contribution in [3.8, 4) is 0 Å². The second-order valence-corrected chi connectivity index (χ2v) is 3.76. The average molecular weight is 237 g/mol. The summed E-state index contributed by atoms with van der Waals surface area (Å²) in [6.07, 6.45) is 1.80. The largest absolute Gasteiger partial charge is 0.377 e. The van der Waals surface area contributed by atoms with Gasteiger partial charge in [-0.15, -0.1) is 0 Å². The van der Waals surface area contributed by atoms with E-state index in [0.29, 0.717) is 19.8 Å². The highest BCUT2D eigenvalue weighted by molar-refractivity contribution is 5.74. The topological polar surface area (TPSA) is 61.6 Å². The minimum Gasteiger partial charge on any atom is -0.377 e. The van der Waals surface area contributed by atoms with Crippen LogP contribution in [0.4, 0.5) is 0 Å². The Morgan fingerprint density at radius 1 is 1.06 bits per heavy atom. The van der Waals surface area contributed by atoms with Gasteiger partial charge in [0.2, 0.25) is 5.91 Å². The smallest absolute Gasteiger partial charge is 0.243 e. The van der Waals surface area contributed by atoms with Crippen molar-refractivity contribution in [3.63, 3.8) is 0 Å². The van der Waals surface area contributed by atoms with Gasteiger partial charge in [0, 0.05) is 13.2 Å². The summed E-state index contributed by atoms with van der Waals surface area (Å²) in [6.45, 7) is 1.90. The van der Waals surface area contributed by atoms with E-state index in [2.05, 4.69) is 0 Å². The molecule has 0 heterocycles. The lowest BCUT2D eigenvalue weighted by Gasteiger charge is -2.04. The van der Waals surface area contributed by atoms with Crippen molar-refractivity contribution in [2.24, 2.45) is 5.73 Å². The molecule has 1 amide bonds. The second kappa shape index (κ2) is 8.73. The Balaban J connectivity index is 1.90. The number of unbranched alkanes of at least 4 members (excludes halogenated alkanes) is 1. The van der Waals surface area contributed by atoms with Crippen molar-refractivity contribution in [1.29, 1.82) is 0 Å². The zero-order valence-electron chi connectivity index (χ0n) is 9.93. The van der Waals surface area contributed by atoms with Crippen LogP contribution in [0.1, 0.15) is 18.4 Å². The molecular formula is C13H19NO3. The number of benzene rings is 1. The van der Waals surface area contributed by atoms with Crippen LogP contribution in [0.2, 0.25) is 0 Å².